The van der Waals surface area contributed by atoms with E-state index < -0.39 is 14.9 Å². The summed E-state index contributed by atoms with van der Waals surface area (Å²) < 4.78 is 26.1. The monoisotopic (exact) mass is 304 g/mol. The van der Waals surface area contributed by atoms with Crippen LogP contribution in [0.5, 0.6) is 0 Å². The molecular formula is C11H13ClN2O4S. The highest BCUT2D eigenvalue weighted by Crippen LogP contribution is 2.25. The van der Waals surface area contributed by atoms with Crippen molar-refractivity contribution in [3.63, 3.8) is 0 Å². The van der Waals surface area contributed by atoms with Gasteiger partial charge in [0.25, 0.3) is 5.69 Å². The minimum atomic E-state index is -3.85. The first-order chi connectivity index (χ1) is 8.65. The van der Waals surface area contributed by atoms with Crippen molar-refractivity contribution in [2.75, 3.05) is 6.54 Å². The van der Waals surface area contributed by atoms with Crippen LogP contribution in [-0.2, 0) is 10.0 Å². The lowest BCUT2D eigenvalue weighted by molar-refractivity contribution is -0.385. The Bertz CT molecular complexity index is 640. The molecular weight excluding hydrogens is 292 g/mol. The highest BCUT2D eigenvalue weighted by Gasteiger charge is 2.21. The fraction of sp³-hybridized carbons (Fsp3) is 0.273. The summed E-state index contributed by atoms with van der Waals surface area (Å²) in [5, 5.41) is 11.0. The molecule has 0 amide bonds. The highest BCUT2D eigenvalue weighted by atomic mass is 35.5. The number of nitrogens with zero attached hydrogens (tertiary/aromatic N) is 1. The summed E-state index contributed by atoms with van der Waals surface area (Å²) in [5.41, 5.74) is 0.732. The molecule has 104 valence electrons. The van der Waals surface area contributed by atoms with Crippen LogP contribution in [-0.4, -0.2) is 19.9 Å². The number of hydrogen-bond acceptors (Lipinski definition) is 4. The number of benzene rings is 1. The maximum Gasteiger partial charge on any atom is 0.273 e. The average molecular weight is 305 g/mol. The van der Waals surface area contributed by atoms with E-state index >= 15 is 0 Å². The van der Waals surface area contributed by atoms with Crippen molar-refractivity contribution in [2.24, 2.45) is 0 Å². The molecule has 0 saturated carbocycles. The number of hydrogen-bond donors (Lipinski definition) is 1. The standard InChI is InChI=1S/C11H13ClN2O4S/c1-7-4-10(5-11(9(7)3)14(15)16)19(17,18)13-6-8(2)12/h4-5,13H,2,6H2,1,3H3. The van der Waals surface area contributed by atoms with E-state index in [0.717, 1.165) is 6.07 Å². The minimum absolute atomic E-state index is 0.127. The normalized spacial score (nSPS) is 11.3. The lowest BCUT2D eigenvalue weighted by Crippen LogP contribution is -2.25. The predicted octanol–water partition coefficient (Wildman–Crippen LogP) is 2.24. The third kappa shape index (κ3) is 3.76. The Morgan fingerprint density at radius 3 is 2.53 bits per heavy atom. The van der Waals surface area contributed by atoms with Gasteiger partial charge in [0, 0.05) is 23.2 Å². The second kappa shape index (κ2) is 5.68. The molecule has 0 bridgehead atoms. The van der Waals surface area contributed by atoms with Crippen molar-refractivity contribution in [1.29, 1.82) is 0 Å². The lowest BCUT2D eigenvalue weighted by atomic mass is 10.1. The first kappa shape index (κ1) is 15.6. The summed E-state index contributed by atoms with van der Waals surface area (Å²) in [5.74, 6) is 0. The molecule has 0 radical (unpaired) electrons. The number of nitrogens with one attached hydrogen (secondary N) is 1. The van der Waals surface area contributed by atoms with E-state index in [4.69, 9.17) is 11.6 Å². The largest absolute Gasteiger partial charge is 0.273 e. The number of nitro groups is 1. The molecule has 0 aliphatic heterocycles. The Balaban J connectivity index is 3.28. The van der Waals surface area contributed by atoms with E-state index in [1.165, 1.54) is 6.07 Å². The van der Waals surface area contributed by atoms with Crippen LogP contribution in [0.4, 0.5) is 5.69 Å². The number of sulfonamides is 1. The average Bonchev–Trinajstić information content (AvgIpc) is 2.29. The summed E-state index contributed by atoms with van der Waals surface area (Å²) in [4.78, 5) is 10.1. The number of nitro benzene ring substituents is 1. The molecule has 0 aliphatic carbocycles. The predicted molar refractivity (Wildman–Crippen MR) is 72.8 cm³/mol. The molecule has 1 aromatic rings. The quantitative estimate of drug-likeness (QED) is 0.667. The van der Waals surface area contributed by atoms with Crippen LogP contribution >= 0.6 is 11.6 Å². The first-order valence-electron chi connectivity index (χ1n) is 5.23. The molecule has 0 saturated heterocycles. The minimum Gasteiger partial charge on any atom is -0.258 e. The van der Waals surface area contributed by atoms with Gasteiger partial charge < -0.3 is 0 Å². The number of rotatable bonds is 5. The van der Waals surface area contributed by atoms with Gasteiger partial charge in [0.05, 0.1) is 9.82 Å². The molecule has 0 atom stereocenters. The van der Waals surface area contributed by atoms with Gasteiger partial charge in [-0.3, -0.25) is 10.1 Å². The van der Waals surface area contributed by atoms with Gasteiger partial charge in [-0.2, -0.15) is 0 Å². The van der Waals surface area contributed by atoms with Gasteiger partial charge in [0.1, 0.15) is 0 Å². The first-order valence-corrected chi connectivity index (χ1v) is 7.10. The van der Waals surface area contributed by atoms with E-state index in [-0.39, 0.29) is 22.2 Å². The van der Waals surface area contributed by atoms with E-state index in [2.05, 4.69) is 11.3 Å². The molecule has 19 heavy (non-hydrogen) atoms. The summed E-state index contributed by atoms with van der Waals surface area (Å²) in [6.07, 6.45) is 0. The summed E-state index contributed by atoms with van der Waals surface area (Å²) in [6, 6.07) is 2.41. The molecule has 0 heterocycles. The van der Waals surface area contributed by atoms with Crippen LogP contribution in [0, 0.1) is 24.0 Å². The number of halogens is 1. The smallest absolute Gasteiger partial charge is 0.258 e. The van der Waals surface area contributed by atoms with Crippen LogP contribution in [0.15, 0.2) is 28.6 Å². The Kier molecular flexibility index (Phi) is 4.67. The fourth-order valence-electron chi connectivity index (χ4n) is 1.41. The van der Waals surface area contributed by atoms with E-state index in [0.29, 0.717) is 11.1 Å². The molecule has 0 fully saturated rings. The van der Waals surface area contributed by atoms with Gasteiger partial charge in [-0.1, -0.05) is 18.2 Å². The van der Waals surface area contributed by atoms with Crippen molar-refractivity contribution in [3.8, 4) is 0 Å². The zero-order valence-electron chi connectivity index (χ0n) is 10.4. The van der Waals surface area contributed by atoms with Crippen molar-refractivity contribution in [1.82, 2.24) is 4.72 Å². The van der Waals surface area contributed by atoms with Gasteiger partial charge in [0.2, 0.25) is 10.0 Å². The van der Waals surface area contributed by atoms with E-state index in [1.54, 1.807) is 13.8 Å². The Morgan fingerprint density at radius 2 is 2.05 bits per heavy atom. The van der Waals surface area contributed by atoms with Crippen molar-refractivity contribution in [3.05, 3.63) is 45.0 Å². The van der Waals surface area contributed by atoms with E-state index in [9.17, 15) is 18.5 Å². The van der Waals surface area contributed by atoms with Crippen LogP contribution in [0.2, 0.25) is 0 Å². The SMILES string of the molecule is C=C(Cl)CNS(=O)(=O)c1cc(C)c(C)c([N+](=O)[O-])c1. The summed E-state index contributed by atoms with van der Waals surface area (Å²) >= 11 is 5.48. The lowest BCUT2D eigenvalue weighted by Gasteiger charge is -2.08. The van der Waals surface area contributed by atoms with Gasteiger partial charge in [-0.15, -0.1) is 0 Å². The molecule has 6 nitrogen and oxygen atoms in total. The molecule has 0 aliphatic rings. The van der Waals surface area contributed by atoms with Gasteiger partial charge in [0.15, 0.2) is 0 Å². The fourth-order valence-corrected chi connectivity index (χ4v) is 2.69. The maximum absolute atomic E-state index is 11.9. The zero-order chi connectivity index (χ0) is 14.8. The third-order valence-electron chi connectivity index (χ3n) is 2.57. The van der Waals surface area contributed by atoms with Crippen LogP contribution in [0.25, 0.3) is 0 Å². The molecule has 0 aromatic heterocycles. The van der Waals surface area contributed by atoms with Crippen LogP contribution in [0.3, 0.4) is 0 Å². The highest BCUT2D eigenvalue weighted by molar-refractivity contribution is 7.89. The van der Waals surface area contributed by atoms with Crippen molar-refractivity contribution >= 4 is 27.3 Å². The Labute approximate surface area is 116 Å². The molecule has 1 rings (SSSR count). The van der Waals surface area contributed by atoms with Crippen molar-refractivity contribution < 1.29 is 13.3 Å². The maximum atomic E-state index is 11.9. The summed E-state index contributed by atoms with van der Waals surface area (Å²) in [6.45, 7) is 6.41. The third-order valence-corrected chi connectivity index (χ3v) is 4.09. The van der Waals surface area contributed by atoms with Gasteiger partial charge in [-0.25, -0.2) is 13.1 Å². The van der Waals surface area contributed by atoms with Gasteiger partial charge in [-0.05, 0) is 25.5 Å². The second-order valence-electron chi connectivity index (χ2n) is 3.98. The van der Waals surface area contributed by atoms with Crippen molar-refractivity contribution in [2.45, 2.75) is 18.7 Å². The van der Waals surface area contributed by atoms with Crippen LogP contribution in [0.1, 0.15) is 11.1 Å². The van der Waals surface area contributed by atoms with Crippen LogP contribution < -0.4 is 4.72 Å². The Hall–Kier alpha value is -1.44. The molecule has 0 unspecified atom stereocenters. The zero-order valence-corrected chi connectivity index (χ0v) is 12.0. The molecule has 1 N–H and O–H groups in total. The van der Waals surface area contributed by atoms with E-state index in [1.807, 2.05) is 0 Å². The topological polar surface area (TPSA) is 89.3 Å². The molecule has 0 spiro atoms. The van der Waals surface area contributed by atoms with Gasteiger partial charge >= 0.3 is 0 Å². The summed E-state index contributed by atoms with van der Waals surface area (Å²) in [7, 11) is -3.85. The molecule has 8 heteroatoms. The Morgan fingerprint density at radius 1 is 1.47 bits per heavy atom. The second-order valence-corrected chi connectivity index (χ2v) is 6.28. The molecule has 1 aromatic carbocycles. The number of aryl methyl sites for hydroxylation is 1.